The van der Waals surface area contributed by atoms with E-state index in [0.29, 0.717) is 69.4 Å². The normalized spacial score (nSPS) is 15.3. The molecule has 0 saturated carbocycles. The molecule has 2 atom stereocenters. The Morgan fingerprint density at radius 2 is 1.65 bits per heavy atom. The molecular formula is C55H62Cl2N14O6S. The van der Waals surface area contributed by atoms with Crippen molar-refractivity contribution >= 4 is 74.8 Å². The third-order valence-electron chi connectivity index (χ3n) is 13.5. The summed E-state index contributed by atoms with van der Waals surface area (Å²) in [4.78, 5) is 60.8. The lowest BCUT2D eigenvalue weighted by Gasteiger charge is -2.33. The van der Waals surface area contributed by atoms with Crippen LogP contribution in [0.15, 0.2) is 84.1 Å². The minimum Gasteiger partial charge on any atom is -0.486 e. The van der Waals surface area contributed by atoms with Crippen molar-refractivity contribution in [3.63, 3.8) is 0 Å². The van der Waals surface area contributed by atoms with E-state index in [-0.39, 0.29) is 82.7 Å². The first kappa shape index (κ1) is 55.6. The molecule has 0 spiro atoms. The lowest BCUT2D eigenvalue weighted by Crippen LogP contribution is -2.41. The molecule has 5 N–H and O–H groups in total. The maximum atomic E-state index is 13.3. The third kappa shape index (κ3) is 13.2. The summed E-state index contributed by atoms with van der Waals surface area (Å²) in [6, 6.07) is 18.2. The Balaban J connectivity index is 0.655. The number of likely N-dealkylation sites (tertiary alicyclic amines) is 1. The number of fused-ring (bicyclic) bond motifs is 4. The van der Waals surface area contributed by atoms with Gasteiger partial charge in [0.2, 0.25) is 17.7 Å². The van der Waals surface area contributed by atoms with Crippen molar-refractivity contribution in [3.8, 4) is 22.0 Å². The number of nitrogen functional groups attached to an aromatic ring is 1. The first-order chi connectivity index (χ1) is 37.7. The monoisotopic (exact) mass is 1120 g/mol. The fraction of sp³-hybridized carbons (Fsp3) is 0.382. The number of hydrogen-bond donors (Lipinski definition) is 4. The molecule has 408 valence electrons. The number of aryl methyl sites for hydroxylation is 3. The van der Waals surface area contributed by atoms with E-state index in [0.717, 1.165) is 69.6 Å². The summed E-state index contributed by atoms with van der Waals surface area (Å²) >= 11 is 14.6. The van der Waals surface area contributed by atoms with E-state index in [1.807, 2.05) is 71.6 Å². The molecule has 7 heterocycles. The molecular weight excluding hydrogens is 1060 g/mol. The number of carbonyl (C=O) groups is 3. The zero-order valence-electron chi connectivity index (χ0n) is 44.0. The van der Waals surface area contributed by atoms with Crippen LogP contribution >= 0.6 is 34.5 Å². The standard InChI is InChI=1S/C55H62Cl2N14O6S/c1-32(28-69-21-7-10-41(29-69)71-53-48(51(58)62-31-63-53)50(68-71)38-13-16-44(42(57)26-38)77-30-40-9-6-8-33(2)64-40)54(74)61-19-18-59-45(72)17-22-75-24-25-76-23-20-60-46(73)27-43-52-67-66-36(5)70(52)55-47(34(3)35(4)78-55)49(65-43)37-11-14-39(56)15-12-37/h6,8-9,11-16,26,31,41,43H,1,7,10,17-25,27-30H2,2-5H3,(H,59,72)(H,60,73)(H,61,74)(H2,58,62,63)/t41-,43-/m0/s1. The Morgan fingerprint density at radius 1 is 0.885 bits per heavy atom. The van der Waals surface area contributed by atoms with Crippen molar-refractivity contribution in [2.45, 2.75) is 72.1 Å². The maximum absolute atomic E-state index is 13.3. The lowest BCUT2D eigenvalue weighted by atomic mass is 9.99. The highest BCUT2D eigenvalue weighted by molar-refractivity contribution is 7.15. The summed E-state index contributed by atoms with van der Waals surface area (Å²) in [5.41, 5.74) is 14.3. The summed E-state index contributed by atoms with van der Waals surface area (Å²) in [5.74, 6) is 1.45. The molecule has 0 aliphatic carbocycles. The number of ether oxygens (including phenoxy) is 3. The van der Waals surface area contributed by atoms with Gasteiger partial charge in [-0.3, -0.25) is 33.8 Å². The lowest BCUT2D eigenvalue weighted by molar-refractivity contribution is -0.123. The van der Waals surface area contributed by atoms with Gasteiger partial charge < -0.3 is 35.9 Å². The number of nitrogens with two attached hydrogens (primary N) is 1. The highest BCUT2D eigenvalue weighted by Crippen LogP contribution is 2.40. The van der Waals surface area contributed by atoms with E-state index in [4.69, 9.17) is 53.2 Å². The molecule has 20 nitrogen and oxygen atoms in total. The summed E-state index contributed by atoms with van der Waals surface area (Å²) in [5, 5.41) is 25.1. The summed E-state index contributed by atoms with van der Waals surface area (Å²) in [6.07, 6.45) is 3.35. The highest BCUT2D eigenvalue weighted by Gasteiger charge is 2.33. The zero-order valence-corrected chi connectivity index (χ0v) is 46.3. The third-order valence-corrected chi connectivity index (χ3v) is 15.2. The van der Waals surface area contributed by atoms with Gasteiger partial charge in [0, 0.05) is 77.0 Å². The number of amides is 3. The van der Waals surface area contributed by atoms with Crippen LogP contribution in [-0.4, -0.2) is 134 Å². The van der Waals surface area contributed by atoms with Crippen molar-refractivity contribution in [2.75, 3.05) is 71.4 Å². The van der Waals surface area contributed by atoms with E-state index in [1.54, 1.807) is 23.5 Å². The highest BCUT2D eigenvalue weighted by atomic mass is 35.5. The Kier molecular flexibility index (Phi) is 18.2. The Labute approximate surface area is 465 Å². The van der Waals surface area contributed by atoms with Crippen LogP contribution in [-0.2, 0) is 30.5 Å². The number of piperidine rings is 1. The molecule has 1 fully saturated rings. The fourth-order valence-corrected chi connectivity index (χ4v) is 11.1. The molecule has 1 saturated heterocycles. The zero-order chi connectivity index (χ0) is 54.9. The summed E-state index contributed by atoms with van der Waals surface area (Å²) in [6.45, 7) is 15.9. The molecule has 9 rings (SSSR count). The minimum absolute atomic E-state index is 0.0668. The fourth-order valence-electron chi connectivity index (χ4n) is 9.49. The quantitative estimate of drug-likeness (QED) is 0.0367. The second-order valence-electron chi connectivity index (χ2n) is 19.1. The smallest absolute Gasteiger partial charge is 0.247 e. The number of rotatable bonds is 23. The SMILES string of the molecule is C=C(CN1CCC[C@H](n2nc(-c3ccc(OCc4cccc(C)n4)c(Cl)c3)c3c(N)ncnc32)C1)C(=O)NCCNC(=O)CCOCCOCCNC(=O)C[C@@H]1N=C(c2ccc(Cl)cc2)c2c(sc(C)c2C)-n2c(C)nnc21. The van der Waals surface area contributed by atoms with E-state index < -0.39 is 6.04 Å². The van der Waals surface area contributed by atoms with Gasteiger partial charge in [-0.25, -0.2) is 14.6 Å². The first-order valence-electron chi connectivity index (χ1n) is 25.8. The van der Waals surface area contributed by atoms with Crippen LogP contribution in [0.4, 0.5) is 5.82 Å². The molecule has 2 aromatic carbocycles. The van der Waals surface area contributed by atoms with Crippen molar-refractivity contribution in [3.05, 3.63) is 134 Å². The molecule has 78 heavy (non-hydrogen) atoms. The Hall–Kier alpha value is -7.14. The van der Waals surface area contributed by atoms with Gasteiger partial charge in [-0.1, -0.05) is 48.0 Å². The van der Waals surface area contributed by atoms with E-state index in [2.05, 4.69) is 66.4 Å². The van der Waals surface area contributed by atoms with Crippen molar-refractivity contribution in [2.24, 2.45) is 4.99 Å². The van der Waals surface area contributed by atoms with Crippen molar-refractivity contribution in [1.82, 2.24) is 60.3 Å². The number of benzene rings is 2. The molecule has 23 heteroatoms. The second-order valence-corrected chi connectivity index (χ2v) is 21.2. The topological polar surface area (TPSA) is 244 Å². The number of carbonyl (C=O) groups excluding carboxylic acids is 3. The largest absolute Gasteiger partial charge is 0.486 e. The Bertz CT molecular complexity index is 3360. The average molecular weight is 1120 g/mol. The van der Waals surface area contributed by atoms with Gasteiger partial charge in [-0.2, -0.15) is 5.10 Å². The molecule has 2 aliphatic heterocycles. The van der Waals surface area contributed by atoms with Crippen LogP contribution in [0.5, 0.6) is 5.75 Å². The van der Waals surface area contributed by atoms with E-state index in [1.165, 1.54) is 11.2 Å². The van der Waals surface area contributed by atoms with Gasteiger partial charge in [0.1, 0.15) is 47.1 Å². The number of hydrogen-bond acceptors (Lipinski definition) is 16. The molecule has 5 aromatic heterocycles. The van der Waals surface area contributed by atoms with Gasteiger partial charge >= 0.3 is 0 Å². The predicted molar refractivity (Wildman–Crippen MR) is 301 cm³/mol. The minimum atomic E-state index is -0.578. The number of aromatic nitrogens is 8. The van der Waals surface area contributed by atoms with E-state index >= 15 is 0 Å². The van der Waals surface area contributed by atoms with Gasteiger partial charge in [-0.15, -0.1) is 21.5 Å². The summed E-state index contributed by atoms with van der Waals surface area (Å²) in [7, 11) is 0. The average Bonchev–Trinajstić information content (AvgIpc) is 4.29. The molecule has 7 aromatic rings. The predicted octanol–water partition coefficient (Wildman–Crippen LogP) is 7.18. The van der Waals surface area contributed by atoms with Crippen molar-refractivity contribution < 1.29 is 28.6 Å². The summed E-state index contributed by atoms with van der Waals surface area (Å²) < 4.78 is 21.2. The van der Waals surface area contributed by atoms with Crippen LogP contribution in [0.3, 0.4) is 0 Å². The van der Waals surface area contributed by atoms with Crippen LogP contribution in [0, 0.1) is 27.7 Å². The number of halogens is 2. The van der Waals surface area contributed by atoms with Crippen molar-refractivity contribution in [1.29, 1.82) is 0 Å². The number of nitrogens with one attached hydrogen (secondary N) is 3. The first-order valence-corrected chi connectivity index (χ1v) is 27.4. The molecule has 0 bridgehead atoms. The van der Waals surface area contributed by atoms with Gasteiger partial charge in [-0.05, 0) is 95.1 Å². The number of pyridine rings is 1. The Morgan fingerprint density at radius 3 is 2.45 bits per heavy atom. The number of aliphatic imine (C=N–C) groups is 1. The van der Waals surface area contributed by atoms with Crippen LogP contribution in [0.1, 0.15) is 82.4 Å². The molecule has 2 aliphatic rings. The second kappa shape index (κ2) is 25.6. The van der Waals surface area contributed by atoms with Gasteiger partial charge in [0.15, 0.2) is 11.5 Å². The van der Waals surface area contributed by atoms with Gasteiger partial charge in [0.05, 0.1) is 60.7 Å². The number of anilines is 1. The van der Waals surface area contributed by atoms with Gasteiger partial charge in [0.25, 0.3) is 0 Å². The molecule has 0 radical (unpaired) electrons. The van der Waals surface area contributed by atoms with Crippen LogP contribution in [0.2, 0.25) is 10.0 Å². The van der Waals surface area contributed by atoms with E-state index in [9.17, 15) is 14.4 Å². The molecule has 0 unspecified atom stereocenters. The number of thiophene rings is 1. The van der Waals surface area contributed by atoms with Crippen LogP contribution in [0.25, 0.3) is 27.3 Å². The number of nitrogens with zero attached hydrogens (tertiary/aromatic N) is 10. The molecule has 3 amide bonds. The maximum Gasteiger partial charge on any atom is 0.247 e. The van der Waals surface area contributed by atoms with Crippen LogP contribution < -0.4 is 26.4 Å².